The Bertz CT molecular complexity index is 1520. The number of hydrogen-bond acceptors (Lipinski definition) is 14. The molecule has 15 heteroatoms. The number of allylic oxidation sites excluding steroid dienone is 2. The van der Waals surface area contributed by atoms with Crippen LogP contribution in [-0.2, 0) is 23.7 Å². The van der Waals surface area contributed by atoms with E-state index in [1.54, 1.807) is 0 Å². The first-order valence-electron chi connectivity index (χ1n) is 20.9. The minimum Gasteiger partial charge on any atom is -0.547 e. The molecular weight excluding hydrogens is 768 g/mol. The number of aliphatic hydroxyl groups excluding tert-OH is 8. The average Bonchev–Trinajstić information content (AvgIpc) is 3.12. The van der Waals surface area contributed by atoms with E-state index < -0.39 is 97.0 Å². The van der Waals surface area contributed by atoms with E-state index in [1.165, 1.54) is 5.57 Å². The van der Waals surface area contributed by atoms with E-state index in [0.29, 0.717) is 18.8 Å². The molecule has 0 bridgehead atoms. The first kappa shape index (κ1) is 46.9. The van der Waals surface area contributed by atoms with Crippen LogP contribution in [0.2, 0.25) is 0 Å². The Morgan fingerprint density at radius 3 is 2.09 bits per heavy atom. The van der Waals surface area contributed by atoms with Gasteiger partial charge in [-0.1, -0.05) is 60.1 Å². The molecule has 2 saturated heterocycles. The van der Waals surface area contributed by atoms with E-state index in [1.807, 2.05) is 0 Å². The van der Waals surface area contributed by atoms with E-state index in [9.17, 15) is 50.8 Å². The van der Waals surface area contributed by atoms with Gasteiger partial charge in [0, 0.05) is 5.41 Å². The van der Waals surface area contributed by atoms with Crippen LogP contribution in [0.15, 0.2) is 11.6 Å². The fourth-order valence-electron chi connectivity index (χ4n) is 13.7. The van der Waals surface area contributed by atoms with Crippen LogP contribution in [0.3, 0.4) is 0 Å². The molecule has 6 fully saturated rings. The second-order valence-electron chi connectivity index (χ2n) is 20.8. The number of aliphatic carboxylic acids is 1. The van der Waals surface area contributed by atoms with Gasteiger partial charge in [-0.3, -0.25) is 0 Å². The summed E-state index contributed by atoms with van der Waals surface area (Å²) in [6, 6.07) is 0. The first-order chi connectivity index (χ1) is 26.0. The SMILES string of the molecule is CC1(C)CC[C@]2(CO)[C@@H](O)C[C@]3(C)C(=CC[C@@H]4[C@@]5(C)CC[C@H](O[C@@H]6O[C@H](C(=O)[O-])[C@@H](O)[C@H](O[C@@H]7O[C@H](CO)[C@@H](O)[C@H](O)[C@H]7O)[C@H]6O)C(C)(C)[C@@H]5CC[C@]43C)[C@@H]2C1.[K+]. The van der Waals surface area contributed by atoms with Crippen molar-refractivity contribution in [2.75, 3.05) is 13.2 Å². The standard InChI is InChI=1S/C42H68O14.K/c1-37(2)14-15-42(19-44)21(16-37)20-8-9-24-39(5)12-11-26(38(3,4)23(39)10-13-40(24,6)41(20,7)17-25(42)45)54-36-31(50)32(30(49)33(56-36)34(51)52)55-35-29(48)28(47)27(46)22(18-43)53-35;/h8,21-33,35-36,43-50H,9-19H2,1-7H3,(H,51,52);/q;+1/p-1/t21-,22+,23-,24+,25-,26-,27+,28-,29+,30-,31+,32-,33-,35-,36+,39-,40+,41+,42+;/m0./s1. The van der Waals surface area contributed by atoms with Gasteiger partial charge in [0.05, 0.1) is 31.4 Å². The Kier molecular flexibility index (Phi) is 13.3. The van der Waals surface area contributed by atoms with Crippen LogP contribution >= 0.6 is 0 Å². The van der Waals surface area contributed by atoms with Gasteiger partial charge in [-0.05, 0) is 103 Å². The van der Waals surface area contributed by atoms with Crippen molar-refractivity contribution in [1.82, 2.24) is 0 Å². The Morgan fingerprint density at radius 2 is 1.46 bits per heavy atom. The van der Waals surface area contributed by atoms with Gasteiger partial charge in [0.15, 0.2) is 12.6 Å². The van der Waals surface area contributed by atoms with Crippen LogP contribution in [0.4, 0.5) is 0 Å². The van der Waals surface area contributed by atoms with Crippen molar-refractivity contribution >= 4 is 5.97 Å². The molecule has 0 radical (unpaired) electrons. The molecule has 7 aliphatic rings. The number of hydrogen-bond donors (Lipinski definition) is 8. The fourth-order valence-corrected chi connectivity index (χ4v) is 13.7. The second kappa shape index (κ2) is 16.2. The van der Waals surface area contributed by atoms with Gasteiger partial charge in [0.1, 0.15) is 48.8 Å². The normalized spacial score (nSPS) is 52.8. The van der Waals surface area contributed by atoms with Gasteiger partial charge in [-0.2, -0.15) is 0 Å². The van der Waals surface area contributed by atoms with Gasteiger partial charge in [0.2, 0.25) is 0 Å². The largest absolute Gasteiger partial charge is 1.00 e. The summed E-state index contributed by atoms with van der Waals surface area (Å²) in [5, 5.41) is 98.4. The zero-order chi connectivity index (χ0) is 41.1. The number of rotatable bonds is 7. The molecule has 57 heavy (non-hydrogen) atoms. The third-order valence-electron chi connectivity index (χ3n) is 17.3. The van der Waals surface area contributed by atoms with Crippen LogP contribution in [0.1, 0.15) is 106 Å². The van der Waals surface area contributed by atoms with Gasteiger partial charge in [-0.25, -0.2) is 0 Å². The minimum absolute atomic E-state index is 0. The molecule has 0 unspecified atom stereocenters. The third-order valence-corrected chi connectivity index (χ3v) is 17.3. The molecule has 0 aromatic carbocycles. The number of fused-ring (bicyclic) bond motifs is 7. The van der Waals surface area contributed by atoms with Crippen molar-refractivity contribution in [2.24, 2.45) is 50.2 Å². The van der Waals surface area contributed by atoms with Crippen LogP contribution in [0, 0.1) is 50.2 Å². The molecule has 320 valence electrons. The van der Waals surface area contributed by atoms with Gasteiger partial charge < -0.3 is 69.7 Å². The predicted molar refractivity (Wildman–Crippen MR) is 197 cm³/mol. The summed E-state index contributed by atoms with van der Waals surface area (Å²) in [6.45, 7) is 15.3. The van der Waals surface area contributed by atoms with Crippen molar-refractivity contribution in [3.8, 4) is 0 Å². The molecular formula is C42H67KO14. The van der Waals surface area contributed by atoms with Crippen LogP contribution in [-0.4, -0.2) is 134 Å². The van der Waals surface area contributed by atoms with Crippen molar-refractivity contribution in [1.29, 1.82) is 0 Å². The minimum atomic E-state index is -1.99. The van der Waals surface area contributed by atoms with Crippen molar-refractivity contribution in [2.45, 2.75) is 180 Å². The molecule has 5 aliphatic carbocycles. The number of aliphatic hydroxyl groups is 8. The zero-order valence-corrected chi connectivity index (χ0v) is 38.2. The molecule has 8 N–H and O–H groups in total. The molecule has 0 aromatic rings. The molecule has 2 heterocycles. The quantitative estimate of drug-likeness (QED) is 0.0754. The molecule has 2 aliphatic heterocycles. The maximum Gasteiger partial charge on any atom is 1.00 e. The topological polar surface area (TPSA) is 239 Å². The van der Waals surface area contributed by atoms with Crippen molar-refractivity contribution in [3.63, 3.8) is 0 Å². The van der Waals surface area contributed by atoms with Gasteiger partial charge >= 0.3 is 51.4 Å². The number of carbonyl (C=O) groups excluding carboxylic acids is 1. The molecule has 14 nitrogen and oxygen atoms in total. The molecule has 0 amide bonds. The van der Waals surface area contributed by atoms with Crippen molar-refractivity contribution in [3.05, 3.63) is 11.6 Å². The number of ether oxygens (including phenoxy) is 4. The van der Waals surface area contributed by atoms with Crippen LogP contribution in [0.25, 0.3) is 0 Å². The Hall–Kier alpha value is 0.366. The maximum absolute atomic E-state index is 12.2. The number of carboxylic acids is 1. The molecule has 4 saturated carbocycles. The van der Waals surface area contributed by atoms with Crippen LogP contribution < -0.4 is 56.5 Å². The summed E-state index contributed by atoms with van der Waals surface area (Å²) in [5.41, 5.74) is 0.0318. The smallest absolute Gasteiger partial charge is 0.547 e. The fraction of sp³-hybridized carbons (Fsp3) is 0.929. The maximum atomic E-state index is 12.2. The summed E-state index contributed by atoms with van der Waals surface area (Å²) in [7, 11) is 0. The monoisotopic (exact) mass is 834 g/mol. The van der Waals surface area contributed by atoms with E-state index in [2.05, 4.69) is 54.5 Å². The molecule has 0 spiro atoms. The molecule has 19 atom stereocenters. The third kappa shape index (κ3) is 7.18. The number of carboxylic acid groups (broad SMARTS) is 1. The van der Waals surface area contributed by atoms with Gasteiger partial charge in [-0.15, -0.1) is 0 Å². The Morgan fingerprint density at radius 1 is 0.789 bits per heavy atom. The summed E-state index contributed by atoms with van der Waals surface area (Å²) in [4.78, 5) is 12.2. The van der Waals surface area contributed by atoms with E-state index in [-0.39, 0.29) is 91.5 Å². The van der Waals surface area contributed by atoms with Crippen molar-refractivity contribution < 1.29 is 121 Å². The number of carbonyl (C=O) groups is 1. The summed E-state index contributed by atoms with van der Waals surface area (Å²) in [6.07, 6.45) is -8.75. The van der Waals surface area contributed by atoms with E-state index in [4.69, 9.17) is 18.9 Å². The Labute approximate surface area is 379 Å². The zero-order valence-electron chi connectivity index (χ0n) is 35.0. The van der Waals surface area contributed by atoms with Gasteiger partial charge in [0.25, 0.3) is 0 Å². The van der Waals surface area contributed by atoms with E-state index >= 15 is 0 Å². The summed E-state index contributed by atoms with van der Waals surface area (Å²) in [5.74, 6) is -1.21. The second-order valence-corrected chi connectivity index (χ2v) is 20.8. The Balaban J connectivity index is 0.00000549. The molecule has 0 aromatic heterocycles. The predicted octanol–water partition coefficient (Wildman–Crippen LogP) is -2.48. The summed E-state index contributed by atoms with van der Waals surface area (Å²) >= 11 is 0. The first-order valence-corrected chi connectivity index (χ1v) is 20.9. The molecule has 7 rings (SSSR count). The van der Waals surface area contributed by atoms with E-state index in [0.717, 1.165) is 44.9 Å². The average molecular weight is 835 g/mol. The van der Waals surface area contributed by atoms with Crippen LogP contribution in [0.5, 0.6) is 0 Å². The summed E-state index contributed by atoms with van der Waals surface area (Å²) < 4.78 is 23.4.